The highest BCUT2D eigenvalue weighted by Gasteiger charge is 2.45. The third-order valence-electron chi connectivity index (χ3n) is 6.49. The smallest absolute Gasteiger partial charge is 0.262 e. The number of carbonyl (C=O) groups excluding carboxylic acids is 3. The number of para-hydroxylation sites is 1. The number of nitrogens with zero attached hydrogens (tertiary/aromatic N) is 4. The van der Waals surface area contributed by atoms with Crippen LogP contribution in [0.4, 0.5) is 5.82 Å². The molecule has 1 atom stereocenters. The van der Waals surface area contributed by atoms with Gasteiger partial charge in [-0.1, -0.05) is 44.2 Å². The SMILES string of the molecule is CC(C)C(C(=O)N1CCN(c2ccc3ccccc3n2)CC1)N1C(=O)c2ccccc2C1=O. The van der Waals surface area contributed by atoms with Crippen LogP contribution in [-0.4, -0.2) is 64.7 Å². The molecule has 1 saturated heterocycles. The molecule has 3 aromatic rings. The number of amides is 3. The summed E-state index contributed by atoms with van der Waals surface area (Å²) in [5.41, 5.74) is 1.68. The van der Waals surface area contributed by atoms with Crippen molar-refractivity contribution in [3.05, 3.63) is 71.8 Å². The van der Waals surface area contributed by atoms with E-state index in [1.54, 1.807) is 29.2 Å². The molecule has 7 heteroatoms. The number of imide groups is 1. The van der Waals surface area contributed by atoms with Crippen molar-refractivity contribution >= 4 is 34.4 Å². The molecule has 33 heavy (non-hydrogen) atoms. The minimum Gasteiger partial charge on any atom is -0.353 e. The minimum absolute atomic E-state index is 0.175. The van der Waals surface area contributed by atoms with E-state index in [4.69, 9.17) is 4.98 Å². The maximum absolute atomic E-state index is 13.5. The van der Waals surface area contributed by atoms with E-state index in [9.17, 15) is 14.4 Å². The first kappa shape index (κ1) is 21.1. The molecule has 0 radical (unpaired) electrons. The number of aromatic nitrogens is 1. The normalized spacial score (nSPS) is 17.1. The summed E-state index contributed by atoms with van der Waals surface area (Å²) >= 11 is 0. The number of fused-ring (bicyclic) bond motifs is 2. The van der Waals surface area contributed by atoms with Crippen molar-refractivity contribution in [2.24, 2.45) is 5.92 Å². The summed E-state index contributed by atoms with van der Waals surface area (Å²) in [4.78, 5) is 49.4. The summed E-state index contributed by atoms with van der Waals surface area (Å²) in [6, 6.07) is 18.0. The predicted octanol–water partition coefficient (Wildman–Crippen LogP) is 3.20. The molecule has 1 unspecified atom stereocenters. The number of hydrogen-bond donors (Lipinski definition) is 0. The molecule has 5 rings (SSSR count). The minimum atomic E-state index is -0.817. The monoisotopic (exact) mass is 442 g/mol. The fourth-order valence-electron chi connectivity index (χ4n) is 4.73. The van der Waals surface area contributed by atoms with E-state index in [0.29, 0.717) is 37.3 Å². The van der Waals surface area contributed by atoms with Gasteiger partial charge in [-0.3, -0.25) is 19.3 Å². The van der Waals surface area contributed by atoms with Crippen LogP contribution in [0.2, 0.25) is 0 Å². The lowest BCUT2D eigenvalue weighted by Crippen LogP contribution is -2.57. The Labute approximate surface area is 192 Å². The van der Waals surface area contributed by atoms with Gasteiger partial charge in [0.25, 0.3) is 11.8 Å². The van der Waals surface area contributed by atoms with E-state index in [2.05, 4.69) is 11.0 Å². The standard InChI is InChI=1S/C26H26N4O3/c1-17(2)23(30-24(31)19-8-4-5-9-20(19)25(30)32)26(33)29-15-13-28(14-16-29)22-12-11-18-7-3-6-10-21(18)27-22/h3-12,17,23H,13-16H2,1-2H3. The zero-order valence-electron chi connectivity index (χ0n) is 18.8. The average molecular weight is 443 g/mol. The number of piperazine rings is 1. The molecule has 3 amide bonds. The second-order valence-corrected chi connectivity index (χ2v) is 8.89. The molecule has 1 aromatic heterocycles. The largest absolute Gasteiger partial charge is 0.353 e. The van der Waals surface area contributed by atoms with Crippen molar-refractivity contribution in [1.82, 2.24) is 14.8 Å². The Morgan fingerprint density at radius 3 is 2.06 bits per heavy atom. The van der Waals surface area contributed by atoms with E-state index in [1.165, 1.54) is 0 Å². The number of hydrogen-bond acceptors (Lipinski definition) is 5. The third-order valence-corrected chi connectivity index (χ3v) is 6.49. The Morgan fingerprint density at radius 1 is 0.818 bits per heavy atom. The Bertz CT molecular complexity index is 1210. The molecule has 0 aliphatic carbocycles. The molecule has 7 nitrogen and oxygen atoms in total. The predicted molar refractivity (Wildman–Crippen MR) is 126 cm³/mol. The van der Waals surface area contributed by atoms with Crippen molar-refractivity contribution in [2.45, 2.75) is 19.9 Å². The Kier molecular flexibility index (Phi) is 5.32. The van der Waals surface area contributed by atoms with Gasteiger partial charge in [0.05, 0.1) is 16.6 Å². The summed E-state index contributed by atoms with van der Waals surface area (Å²) in [6.45, 7) is 6.07. The highest BCUT2D eigenvalue weighted by Crippen LogP contribution is 2.28. The molecule has 2 aliphatic heterocycles. The van der Waals surface area contributed by atoms with Crippen LogP contribution >= 0.6 is 0 Å². The fourth-order valence-corrected chi connectivity index (χ4v) is 4.73. The molecule has 2 aliphatic rings. The van der Waals surface area contributed by atoms with Crippen LogP contribution in [0.25, 0.3) is 10.9 Å². The van der Waals surface area contributed by atoms with Gasteiger partial charge < -0.3 is 9.80 Å². The van der Waals surface area contributed by atoms with Gasteiger partial charge in [-0.2, -0.15) is 0 Å². The molecule has 2 aromatic carbocycles. The van der Waals surface area contributed by atoms with Crippen LogP contribution in [-0.2, 0) is 4.79 Å². The molecule has 0 bridgehead atoms. The highest BCUT2D eigenvalue weighted by molar-refractivity contribution is 6.22. The van der Waals surface area contributed by atoms with Gasteiger partial charge in [0.1, 0.15) is 11.9 Å². The number of rotatable bonds is 4. The lowest BCUT2D eigenvalue weighted by atomic mass is 10.0. The van der Waals surface area contributed by atoms with Crippen molar-refractivity contribution in [3.8, 4) is 0 Å². The summed E-state index contributed by atoms with van der Waals surface area (Å²) in [5.74, 6) is -0.254. The van der Waals surface area contributed by atoms with Crippen molar-refractivity contribution < 1.29 is 14.4 Å². The lowest BCUT2D eigenvalue weighted by molar-refractivity contribution is -0.137. The van der Waals surface area contributed by atoms with Gasteiger partial charge in [-0.25, -0.2) is 4.98 Å². The average Bonchev–Trinajstić information content (AvgIpc) is 3.09. The quantitative estimate of drug-likeness (QED) is 0.580. The van der Waals surface area contributed by atoms with E-state index in [-0.39, 0.29) is 23.6 Å². The number of pyridine rings is 1. The van der Waals surface area contributed by atoms with Crippen LogP contribution in [0, 0.1) is 5.92 Å². The molecule has 0 N–H and O–H groups in total. The van der Waals surface area contributed by atoms with Crippen LogP contribution in [0.3, 0.4) is 0 Å². The second-order valence-electron chi connectivity index (χ2n) is 8.89. The van der Waals surface area contributed by atoms with Crippen LogP contribution in [0.1, 0.15) is 34.6 Å². The Morgan fingerprint density at radius 2 is 1.42 bits per heavy atom. The Hall–Kier alpha value is -3.74. The second kappa shape index (κ2) is 8.31. The highest BCUT2D eigenvalue weighted by atomic mass is 16.2. The molecular formula is C26H26N4O3. The van der Waals surface area contributed by atoms with Gasteiger partial charge in [-0.05, 0) is 36.2 Å². The van der Waals surface area contributed by atoms with Crippen molar-refractivity contribution in [3.63, 3.8) is 0 Å². The van der Waals surface area contributed by atoms with E-state index >= 15 is 0 Å². The van der Waals surface area contributed by atoms with Crippen LogP contribution in [0.15, 0.2) is 60.7 Å². The zero-order chi connectivity index (χ0) is 23.1. The summed E-state index contributed by atoms with van der Waals surface area (Å²) in [6.07, 6.45) is 0. The van der Waals surface area contributed by atoms with Gasteiger partial charge in [0, 0.05) is 31.6 Å². The maximum Gasteiger partial charge on any atom is 0.262 e. The Balaban J connectivity index is 1.32. The van der Waals surface area contributed by atoms with Crippen LogP contribution < -0.4 is 4.90 Å². The zero-order valence-corrected chi connectivity index (χ0v) is 18.8. The molecule has 168 valence electrons. The van der Waals surface area contributed by atoms with E-state index in [1.807, 2.05) is 44.2 Å². The van der Waals surface area contributed by atoms with Crippen molar-refractivity contribution in [2.75, 3.05) is 31.1 Å². The van der Waals surface area contributed by atoms with Gasteiger partial charge in [0.2, 0.25) is 5.91 Å². The summed E-state index contributed by atoms with van der Waals surface area (Å²) in [7, 11) is 0. The van der Waals surface area contributed by atoms with E-state index < -0.39 is 6.04 Å². The lowest BCUT2D eigenvalue weighted by Gasteiger charge is -2.39. The topological polar surface area (TPSA) is 73.8 Å². The van der Waals surface area contributed by atoms with Crippen LogP contribution in [0.5, 0.6) is 0 Å². The van der Waals surface area contributed by atoms with E-state index in [0.717, 1.165) is 21.6 Å². The number of benzene rings is 2. The summed E-state index contributed by atoms with van der Waals surface area (Å²) in [5, 5.41) is 1.09. The molecule has 0 saturated carbocycles. The molecule has 1 fully saturated rings. The first-order valence-corrected chi connectivity index (χ1v) is 11.3. The van der Waals surface area contributed by atoms with Gasteiger partial charge in [-0.15, -0.1) is 0 Å². The third kappa shape index (κ3) is 3.63. The summed E-state index contributed by atoms with van der Waals surface area (Å²) < 4.78 is 0. The number of anilines is 1. The van der Waals surface area contributed by atoms with Gasteiger partial charge in [0.15, 0.2) is 0 Å². The molecule has 0 spiro atoms. The number of carbonyl (C=O) groups is 3. The first-order chi connectivity index (χ1) is 16.0. The maximum atomic E-state index is 13.5. The van der Waals surface area contributed by atoms with Crippen molar-refractivity contribution in [1.29, 1.82) is 0 Å². The molecule has 3 heterocycles. The first-order valence-electron chi connectivity index (χ1n) is 11.3. The fraction of sp³-hybridized carbons (Fsp3) is 0.308. The molecular weight excluding hydrogens is 416 g/mol. The van der Waals surface area contributed by atoms with Gasteiger partial charge >= 0.3 is 0 Å².